The van der Waals surface area contributed by atoms with Crippen molar-refractivity contribution in [2.45, 2.75) is 26.4 Å². The van der Waals surface area contributed by atoms with Crippen molar-refractivity contribution in [2.24, 2.45) is 0 Å². The normalized spacial score (nSPS) is 16.2. The Balaban J connectivity index is 1.86. The van der Waals surface area contributed by atoms with Crippen LogP contribution in [0.3, 0.4) is 0 Å². The Labute approximate surface area is 167 Å². The second-order valence-electron chi connectivity index (χ2n) is 6.94. The molecule has 1 aromatic carbocycles. The highest BCUT2D eigenvalue weighted by molar-refractivity contribution is 6.31. The molecule has 3 rings (SSSR count). The van der Waals surface area contributed by atoms with Crippen molar-refractivity contribution in [3.8, 4) is 0 Å². The number of halogens is 1. The van der Waals surface area contributed by atoms with Gasteiger partial charge in [0.25, 0.3) is 5.56 Å². The quantitative estimate of drug-likeness (QED) is 0.669. The van der Waals surface area contributed by atoms with Gasteiger partial charge in [0.05, 0.1) is 37.2 Å². The summed E-state index contributed by atoms with van der Waals surface area (Å²) in [6.45, 7) is 8.25. The van der Waals surface area contributed by atoms with Gasteiger partial charge < -0.3 is 15.0 Å². The largest absolute Gasteiger partial charge is 0.370 e. The van der Waals surface area contributed by atoms with Gasteiger partial charge in [-0.25, -0.2) is 4.79 Å². The fourth-order valence-corrected chi connectivity index (χ4v) is 3.71. The van der Waals surface area contributed by atoms with E-state index in [1.54, 1.807) is 32.0 Å². The van der Waals surface area contributed by atoms with E-state index < -0.39 is 11.7 Å². The molecule has 1 aliphatic rings. The van der Waals surface area contributed by atoms with E-state index >= 15 is 0 Å². The number of nitrogens with one attached hydrogen (secondary N) is 2. The lowest BCUT2D eigenvalue weighted by Crippen LogP contribution is -3.14. The van der Waals surface area contributed by atoms with Crippen LogP contribution in [-0.4, -0.2) is 54.4 Å². The Morgan fingerprint density at radius 3 is 2.71 bits per heavy atom. The van der Waals surface area contributed by atoms with E-state index in [1.165, 1.54) is 9.47 Å². The molecular weight excluding hydrogens is 384 g/mol. The summed E-state index contributed by atoms with van der Waals surface area (Å²) in [5.41, 5.74) is -0.517. The number of quaternary nitrogens is 1. The highest BCUT2D eigenvalue weighted by Gasteiger charge is 2.22. The second-order valence-corrected chi connectivity index (χ2v) is 7.38. The smallest absolute Gasteiger partial charge is 0.332 e. The molecule has 152 valence electrons. The molecule has 1 amide bonds. The Kier molecular flexibility index (Phi) is 6.53. The van der Waals surface area contributed by atoms with Crippen molar-refractivity contribution >= 4 is 28.4 Å². The van der Waals surface area contributed by atoms with Gasteiger partial charge in [0.1, 0.15) is 19.1 Å². The topological polar surface area (TPSA) is 86.8 Å². The van der Waals surface area contributed by atoms with Gasteiger partial charge in [0, 0.05) is 11.6 Å². The summed E-state index contributed by atoms with van der Waals surface area (Å²) < 4.78 is 7.82. The first-order valence-electron chi connectivity index (χ1n) is 9.57. The molecule has 0 saturated carbocycles. The van der Waals surface area contributed by atoms with Gasteiger partial charge in [-0.15, -0.1) is 0 Å². The van der Waals surface area contributed by atoms with Crippen molar-refractivity contribution in [1.29, 1.82) is 0 Å². The number of aromatic nitrogens is 2. The van der Waals surface area contributed by atoms with Crippen LogP contribution in [0.1, 0.15) is 19.9 Å². The Hall–Kier alpha value is -2.16. The van der Waals surface area contributed by atoms with Crippen molar-refractivity contribution in [2.75, 3.05) is 39.4 Å². The maximum atomic E-state index is 12.9. The van der Waals surface area contributed by atoms with Crippen LogP contribution in [0.2, 0.25) is 5.02 Å². The van der Waals surface area contributed by atoms with Gasteiger partial charge in [0.2, 0.25) is 5.91 Å². The minimum atomic E-state index is -0.772. The van der Waals surface area contributed by atoms with Crippen LogP contribution in [0.25, 0.3) is 10.9 Å². The van der Waals surface area contributed by atoms with E-state index in [4.69, 9.17) is 16.3 Å². The number of morpholine rings is 1. The summed E-state index contributed by atoms with van der Waals surface area (Å²) in [5.74, 6) is -0.266. The van der Waals surface area contributed by atoms with E-state index in [0.29, 0.717) is 22.5 Å². The van der Waals surface area contributed by atoms with Gasteiger partial charge in [-0.05, 0) is 32.0 Å². The molecule has 1 saturated heterocycles. The fourth-order valence-electron chi connectivity index (χ4n) is 3.54. The van der Waals surface area contributed by atoms with Crippen molar-refractivity contribution < 1.29 is 14.4 Å². The highest BCUT2D eigenvalue weighted by Crippen LogP contribution is 2.18. The number of rotatable bonds is 6. The zero-order valence-electron chi connectivity index (χ0n) is 16.2. The lowest BCUT2D eigenvalue weighted by atomic mass is 10.2. The number of amides is 1. The summed E-state index contributed by atoms with van der Waals surface area (Å²) in [7, 11) is 0. The lowest BCUT2D eigenvalue weighted by Gasteiger charge is -2.24. The summed E-state index contributed by atoms with van der Waals surface area (Å²) in [5, 5.41) is 3.67. The first-order valence-corrected chi connectivity index (χ1v) is 9.95. The third kappa shape index (κ3) is 4.14. The van der Waals surface area contributed by atoms with Crippen molar-refractivity contribution in [1.82, 2.24) is 14.5 Å². The molecule has 0 bridgehead atoms. The van der Waals surface area contributed by atoms with Crippen LogP contribution in [0.4, 0.5) is 0 Å². The molecule has 0 radical (unpaired) electrons. The summed E-state index contributed by atoms with van der Waals surface area (Å²) in [6, 6.07) is 3.98. The zero-order chi connectivity index (χ0) is 20.3. The van der Waals surface area contributed by atoms with Crippen molar-refractivity contribution in [3.63, 3.8) is 0 Å². The third-order valence-corrected chi connectivity index (χ3v) is 5.43. The van der Waals surface area contributed by atoms with E-state index in [0.717, 1.165) is 37.4 Å². The van der Waals surface area contributed by atoms with Gasteiger partial charge in [0.15, 0.2) is 0 Å². The van der Waals surface area contributed by atoms with Crippen LogP contribution in [0.15, 0.2) is 27.8 Å². The van der Waals surface area contributed by atoms with Gasteiger partial charge in [-0.1, -0.05) is 11.6 Å². The standard InChI is InChI=1S/C19H25ClN4O4/c1-3-23-18(26)15-5-4-14(20)12-16(15)24(19(23)27)13(2)17(25)21-6-7-22-8-10-28-11-9-22/h4-5,12-13H,3,6-11H2,1-2H3,(H,21,25)/p+1/t13-/m1/s1. The molecule has 2 aromatic rings. The summed E-state index contributed by atoms with van der Waals surface area (Å²) >= 11 is 6.09. The molecule has 8 nitrogen and oxygen atoms in total. The first kappa shape index (κ1) is 20.6. The number of hydrogen-bond donors (Lipinski definition) is 2. The Morgan fingerprint density at radius 2 is 2.04 bits per heavy atom. The maximum Gasteiger partial charge on any atom is 0.332 e. The molecule has 2 N–H and O–H groups in total. The van der Waals surface area contributed by atoms with Gasteiger partial charge in [-0.3, -0.25) is 18.7 Å². The van der Waals surface area contributed by atoms with Crippen LogP contribution in [0.5, 0.6) is 0 Å². The first-order chi connectivity index (χ1) is 13.4. The number of carbonyl (C=O) groups excluding carboxylic acids is 1. The van der Waals surface area contributed by atoms with Crippen LogP contribution in [-0.2, 0) is 16.1 Å². The van der Waals surface area contributed by atoms with Crippen molar-refractivity contribution in [3.05, 3.63) is 44.1 Å². The molecule has 1 aromatic heterocycles. The van der Waals surface area contributed by atoms with Crippen LogP contribution in [0, 0.1) is 0 Å². The monoisotopic (exact) mass is 409 g/mol. The molecular formula is C19H26ClN4O4+. The molecule has 1 fully saturated rings. The number of ether oxygens (including phenoxy) is 1. The average Bonchev–Trinajstić information content (AvgIpc) is 2.68. The predicted molar refractivity (Wildman–Crippen MR) is 107 cm³/mol. The van der Waals surface area contributed by atoms with Gasteiger partial charge in [-0.2, -0.15) is 0 Å². The summed E-state index contributed by atoms with van der Waals surface area (Å²) in [6.07, 6.45) is 0. The molecule has 0 aliphatic carbocycles. The number of hydrogen-bond acceptors (Lipinski definition) is 4. The highest BCUT2D eigenvalue weighted by atomic mass is 35.5. The molecule has 0 spiro atoms. The number of fused-ring (bicyclic) bond motifs is 1. The summed E-state index contributed by atoms with van der Waals surface area (Å²) in [4.78, 5) is 39.6. The maximum absolute atomic E-state index is 12.9. The molecule has 1 atom stereocenters. The third-order valence-electron chi connectivity index (χ3n) is 5.19. The minimum absolute atomic E-state index is 0.227. The molecule has 28 heavy (non-hydrogen) atoms. The SMILES string of the molecule is CCn1c(=O)c2ccc(Cl)cc2n([C@H](C)C(=O)NCC[NH+]2CCOCC2)c1=O. The Bertz CT molecular complexity index is 978. The van der Waals surface area contributed by atoms with E-state index in [1.807, 2.05) is 0 Å². The van der Waals surface area contributed by atoms with E-state index in [9.17, 15) is 14.4 Å². The fraction of sp³-hybridized carbons (Fsp3) is 0.526. The minimum Gasteiger partial charge on any atom is -0.370 e. The van der Waals surface area contributed by atoms with Gasteiger partial charge >= 0.3 is 5.69 Å². The lowest BCUT2D eigenvalue weighted by molar-refractivity contribution is -0.906. The average molecular weight is 410 g/mol. The second kappa shape index (κ2) is 8.89. The van der Waals surface area contributed by atoms with Crippen LogP contribution >= 0.6 is 11.6 Å². The number of nitrogens with zero attached hydrogens (tertiary/aromatic N) is 2. The zero-order valence-corrected chi connectivity index (χ0v) is 16.9. The van der Waals surface area contributed by atoms with E-state index in [-0.39, 0.29) is 18.0 Å². The molecule has 1 aliphatic heterocycles. The Morgan fingerprint density at radius 1 is 1.32 bits per heavy atom. The number of benzene rings is 1. The molecule has 2 heterocycles. The molecule has 0 unspecified atom stereocenters. The number of carbonyl (C=O) groups is 1. The molecule has 9 heteroatoms. The predicted octanol–water partition coefficient (Wildman–Crippen LogP) is -0.571. The van der Waals surface area contributed by atoms with E-state index in [2.05, 4.69) is 5.32 Å². The van der Waals surface area contributed by atoms with Crippen LogP contribution < -0.4 is 21.5 Å².